The van der Waals surface area contributed by atoms with E-state index in [1.165, 1.54) is 5.56 Å². The summed E-state index contributed by atoms with van der Waals surface area (Å²) in [6, 6.07) is 13.2. The van der Waals surface area contributed by atoms with Gasteiger partial charge in [-0.25, -0.2) is 0 Å². The molecule has 2 aromatic carbocycles. The predicted octanol–water partition coefficient (Wildman–Crippen LogP) is 3.39. The maximum Gasteiger partial charge on any atom is 0.263 e. The fraction of sp³-hybridized carbons (Fsp3) is 0.417. The highest BCUT2D eigenvalue weighted by molar-refractivity contribution is 7.12. The largest absolute Gasteiger partial charge is 0.489 e. The van der Waals surface area contributed by atoms with E-state index in [0.717, 1.165) is 16.9 Å². The molecule has 51 heavy (non-hydrogen) atoms. The van der Waals surface area contributed by atoms with E-state index in [0.29, 0.717) is 43.7 Å². The Balaban J connectivity index is 1.72. The van der Waals surface area contributed by atoms with Gasteiger partial charge in [0.25, 0.3) is 5.91 Å². The second-order valence-corrected chi connectivity index (χ2v) is 14.4. The minimum Gasteiger partial charge on any atom is -0.489 e. The number of unbranched alkanes of at least 4 members (excludes halogenated alkanes) is 1. The van der Waals surface area contributed by atoms with Crippen molar-refractivity contribution < 1.29 is 23.9 Å². The van der Waals surface area contributed by atoms with Gasteiger partial charge in [-0.2, -0.15) is 0 Å². The van der Waals surface area contributed by atoms with E-state index in [1.807, 2.05) is 12.1 Å². The summed E-state index contributed by atoms with van der Waals surface area (Å²) < 4.78 is 5.94. The lowest BCUT2D eigenvalue weighted by molar-refractivity contribution is -0.132. The third-order valence-corrected chi connectivity index (χ3v) is 9.32. The molecular weight excluding hydrogens is 692 g/mol. The van der Waals surface area contributed by atoms with E-state index in [4.69, 9.17) is 39.3 Å². The Kier molecular flexibility index (Phi) is 15.7. The number of amides is 4. The molecule has 0 fully saturated rings. The molecule has 0 unspecified atom stereocenters. The van der Waals surface area contributed by atoms with Crippen molar-refractivity contribution in [2.24, 2.45) is 27.9 Å². The molecule has 3 atom stereocenters. The van der Waals surface area contributed by atoms with Gasteiger partial charge in [0.2, 0.25) is 17.7 Å². The van der Waals surface area contributed by atoms with Gasteiger partial charge in [-0.1, -0.05) is 68.8 Å². The number of rotatable bonds is 19. The van der Waals surface area contributed by atoms with Crippen LogP contribution in [0.3, 0.4) is 0 Å². The topological polar surface area (TPSA) is 230 Å². The molecule has 15 heteroatoms. The molecule has 1 aromatic heterocycles. The molecule has 0 radical (unpaired) electrons. The summed E-state index contributed by atoms with van der Waals surface area (Å²) in [4.78, 5) is 57.0. The standard InChI is InChI=1S/C36H49ClN8O5S/c1-36(2,3)24-13-9-22(10-14-24)21-50-25-15-11-23(12-16-25)29(31(39)46)45-33(48)27(7-4-5-18-38)43-32(47)28(8-6-19-42-35(40)41)44-34(49)30-26(37)17-20-51-30/h9-17,20,27-29H,4-8,18-19,21,38H2,1-3H3,(H2,39,46)(H,43,47)(H,44,49)(H,45,48)(H4,40,41,42)/t27-,28-,29+/m0/s1. The summed E-state index contributed by atoms with van der Waals surface area (Å²) in [6.45, 7) is 7.41. The van der Waals surface area contributed by atoms with Crippen molar-refractivity contribution in [2.75, 3.05) is 13.1 Å². The van der Waals surface area contributed by atoms with Gasteiger partial charge in [0, 0.05) is 6.54 Å². The van der Waals surface area contributed by atoms with Crippen molar-refractivity contribution in [1.29, 1.82) is 0 Å². The first-order valence-corrected chi connectivity index (χ1v) is 18.0. The summed E-state index contributed by atoms with van der Waals surface area (Å²) >= 11 is 7.27. The van der Waals surface area contributed by atoms with Gasteiger partial charge in [0.05, 0.1) is 5.02 Å². The number of carbonyl (C=O) groups is 4. The molecule has 11 N–H and O–H groups in total. The van der Waals surface area contributed by atoms with Gasteiger partial charge in [0.1, 0.15) is 35.4 Å². The predicted molar refractivity (Wildman–Crippen MR) is 201 cm³/mol. The van der Waals surface area contributed by atoms with E-state index in [2.05, 4.69) is 53.8 Å². The van der Waals surface area contributed by atoms with Crippen LogP contribution in [0.5, 0.6) is 5.75 Å². The fourth-order valence-corrected chi connectivity index (χ4v) is 6.12. The maximum absolute atomic E-state index is 13.6. The Hall–Kier alpha value is -4.66. The van der Waals surface area contributed by atoms with Gasteiger partial charge >= 0.3 is 0 Å². The number of hydrogen-bond donors (Lipinski definition) is 7. The number of hydrogen-bond acceptors (Lipinski definition) is 8. The number of benzene rings is 2. The lowest BCUT2D eigenvalue weighted by Gasteiger charge is -2.25. The summed E-state index contributed by atoms with van der Waals surface area (Å²) in [5.74, 6) is -2.11. The van der Waals surface area contributed by atoms with Crippen LogP contribution in [-0.2, 0) is 26.4 Å². The van der Waals surface area contributed by atoms with Crippen molar-refractivity contribution in [2.45, 2.75) is 83.0 Å². The number of nitrogens with one attached hydrogen (secondary N) is 3. The summed E-state index contributed by atoms with van der Waals surface area (Å²) in [5, 5.41) is 10.0. The number of nitrogens with zero attached hydrogens (tertiary/aromatic N) is 1. The SMILES string of the molecule is CC(C)(C)c1ccc(COc2ccc([C@@H](NC(=O)[C@H](CCCCN)NC(=O)[C@H](CCCN=C(N)N)NC(=O)c3sccc3Cl)C(N)=O)cc2)cc1. The normalized spacial score (nSPS) is 13.0. The van der Waals surface area contributed by atoms with Gasteiger partial charge < -0.3 is 43.6 Å². The Morgan fingerprint density at radius 2 is 1.47 bits per heavy atom. The van der Waals surface area contributed by atoms with Crippen molar-refractivity contribution >= 4 is 52.5 Å². The average molecular weight is 741 g/mol. The lowest BCUT2D eigenvalue weighted by Crippen LogP contribution is -2.54. The quantitative estimate of drug-likeness (QED) is 0.0546. The molecule has 0 saturated heterocycles. The molecule has 13 nitrogen and oxygen atoms in total. The third kappa shape index (κ3) is 13.2. The number of primary amides is 1. The van der Waals surface area contributed by atoms with Crippen molar-refractivity contribution in [3.8, 4) is 5.75 Å². The zero-order valence-corrected chi connectivity index (χ0v) is 30.8. The minimum atomic E-state index is -1.19. The van der Waals surface area contributed by atoms with E-state index in [-0.39, 0.29) is 40.7 Å². The van der Waals surface area contributed by atoms with Crippen LogP contribution in [0.2, 0.25) is 5.02 Å². The molecule has 0 spiro atoms. The van der Waals surface area contributed by atoms with Crippen LogP contribution in [-0.4, -0.2) is 54.8 Å². The summed E-state index contributed by atoms with van der Waals surface area (Å²) in [6.07, 6.45) is 1.83. The van der Waals surface area contributed by atoms with Crippen LogP contribution < -0.4 is 43.6 Å². The fourth-order valence-electron chi connectivity index (χ4n) is 5.07. The molecule has 276 valence electrons. The second kappa shape index (κ2) is 19.7. The Morgan fingerprint density at radius 1 is 0.843 bits per heavy atom. The zero-order chi connectivity index (χ0) is 37.6. The molecule has 3 aromatic rings. The molecule has 0 aliphatic rings. The molecule has 0 bridgehead atoms. The molecule has 3 rings (SSSR count). The van der Waals surface area contributed by atoms with Crippen LogP contribution in [0.15, 0.2) is 65.0 Å². The van der Waals surface area contributed by atoms with Gasteiger partial charge in [-0.3, -0.25) is 24.2 Å². The Labute approximate surface area is 307 Å². The number of aliphatic imine (C=N–C) groups is 1. The van der Waals surface area contributed by atoms with Gasteiger partial charge in [-0.05, 0) is 84.3 Å². The van der Waals surface area contributed by atoms with Gasteiger partial charge in [-0.15, -0.1) is 11.3 Å². The number of halogens is 1. The number of carbonyl (C=O) groups excluding carboxylic acids is 4. The highest BCUT2D eigenvalue weighted by atomic mass is 35.5. The average Bonchev–Trinajstić information content (AvgIpc) is 3.52. The smallest absolute Gasteiger partial charge is 0.263 e. The third-order valence-electron chi connectivity index (χ3n) is 7.98. The molecule has 1 heterocycles. The van der Waals surface area contributed by atoms with E-state index in [9.17, 15) is 19.2 Å². The number of ether oxygens (including phenoxy) is 1. The van der Waals surface area contributed by atoms with Crippen molar-refractivity contribution in [1.82, 2.24) is 16.0 Å². The number of thiophene rings is 1. The zero-order valence-electron chi connectivity index (χ0n) is 29.2. The first-order valence-electron chi connectivity index (χ1n) is 16.7. The molecule has 0 aliphatic heterocycles. The number of guanidine groups is 1. The van der Waals surface area contributed by atoms with Gasteiger partial charge in [0.15, 0.2) is 5.96 Å². The van der Waals surface area contributed by atoms with Crippen molar-refractivity contribution in [3.05, 3.63) is 86.6 Å². The van der Waals surface area contributed by atoms with Crippen LogP contribution in [0.25, 0.3) is 0 Å². The summed E-state index contributed by atoms with van der Waals surface area (Å²) in [7, 11) is 0. The second-order valence-electron chi connectivity index (χ2n) is 13.1. The highest BCUT2D eigenvalue weighted by Crippen LogP contribution is 2.24. The van der Waals surface area contributed by atoms with Crippen LogP contribution in [0.1, 0.15) is 85.3 Å². The first-order chi connectivity index (χ1) is 24.2. The molecule has 0 saturated carbocycles. The minimum absolute atomic E-state index is 0.0489. The molecule has 4 amide bonds. The van der Waals surface area contributed by atoms with Crippen LogP contribution in [0, 0.1) is 0 Å². The van der Waals surface area contributed by atoms with E-state index < -0.39 is 41.8 Å². The van der Waals surface area contributed by atoms with Crippen LogP contribution in [0.4, 0.5) is 0 Å². The lowest BCUT2D eigenvalue weighted by atomic mass is 9.87. The highest BCUT2D eigenvalue weighted by Gasteiger charge is 2.30. The monoisotopic (exact) mass is 740 g/mol. The molecular formula is C36H49ClN8O5S. The summed E-state index contributed by atoms with van der Waals surface area (Å²) in [5.41, 5.74) is 25.0. The molecule has 0 aliphatic carbocycles. The Bertz CT molecular complexity index is 1640. The Morgan fingerprint density at radius 3 is 2.04 bits per heavy atom. The number of nitrogens with two attached hydrogens (primary N) is 4. The van der Waals surface area contributed by atoms with Crippen LogP contribution >= 0.6 is 22.9 Å². The van der Waals surface area contributed by atoms with E-state index >= 15 is 0 Å². The first kappa shape index (κ1) is 40.8. The van der Waals surface area contributed by atoms with E-state index in [1.54, 1.807) is 35.7 Å². The van der Waals surface area contributed by atoms with Crippen molar-refractivity contribution in [3.63, 3.8) is 0 Å². The maximum atomic E-state index is 13.6.